The fourth-order valence-corrected chi connectivity index (χ4v) is 3.02. The van der Waals surface area contributed by atoms with Gasteiger partial charge < -0.3 is 9.73 Å². The molecule has 1 heterocycles. The first kappa shape index (κ1) is 14.8. The molecule has 0 fully saturated rings. The zero-order valence-electron chi connectivity index (χ0n) is 14.3. The molecule has 0 saturated heterocycles. The van der Waals surface area contributed by atoms with Crippen molar-refractivity contribution in [3.05, 3.63) is 72.3 Å². The molecule has 24 heavy (non-hydrogen) atoms. The van der Waals surface area contributed by atoms with E-state index in [1.54, 1.807) is 0 Å². The van der Waals surface area contributed by atoms with Crippen molar-refractivity contribution in [2.24, 2.45) is 0 Å². The molecule has 0 bridgehead atoms. The van der Waals surface area contributed by atoms with E-state index < -0.39 is 0 Å². The lowest BCUT2D eigenvalue weighted by atomic mass is 9.87. The maximum absolute atomic E-state index is 5.95. The summed E-state index contributed by atoms with van der Waals surface area (Å²) in [6, 6.07) is 23.0. The average molecular weight is 315 g/mol. The van der Waals surface area contributed by atoms with Crippen molar-refractivity contribution in [2.45, 2.75) is 26.2 Å². The minimum atomic E-state index is 0.172. The Bertz CT molecular complexity index is 1000. The molecule has 3 aromatic carbocycles. The predicted octanol–water partition coefficient (Wildman–Crippen LogP) is 6.63. The molecule has 2 nitrogen and oxygen atoms in total. The first-order chi connectivity index (χ1) is 11.5. The highest BCUT2D eigenvalue weighted by Gasteiger charge is 2.13. The molecular formula is C22H21NO. The number of hydrogen-bond acceptors (Lipinski definition) is 2. The van der Waals surface area contributed by atoms with E-state index in [-0.39, 0.29) is 5.41 Å². The Balaban J connectivity index is 1.66. The molecule has 120 valence electrons. The molecule has 0 unspecified atom stereocenters. The molecule has 0 atom stereocenters. The van der Waals surface area contributed by atoms with Gasteiger partial charge in [-0.25, -0.2) is 0 Å². The first-order valence-electron chi connectivity index (χ1n) is 8.29. The summed E-state index contributed by atoms with van der Waals surface area (Å²) < 4.78 is 5.95. The molecule has 0 radical (unpaired) electrons. The van der Waals surface area contributed by atoms with Crippen LogP contribution in [-0.2, 0) is 5.41 Å². The monoisotopic (exact) mass is 315 g/mol. The molecular weight excluding hydrogens is 294 g/mol. The van der Waals surface area contributed by atoms with Crippen LogP contribution in [0.15, 0.2) is 71.1 Å². The molecule has 1 N–H and O–H groups in total. The predicted molar refractivity (Wildman–Crippen MR) is 102 cm³/mol. The van der Waals surface area contributed by atoms with Gasteiger partial charge in [-0.15, -0.1) is 0 Å². The quantitative estimate of drug-likeness (QED) is 0.449. The van der Waals surface area contributed by atoms with Crippen LogP contribution in [0.4, 0.5) is 11.4 Å². The second kappa shape index (κ2) is 5.41. The topological polar surface area (TPSA) is 25.2 Å². The van der Waals surface area contributed by atoms with Gasteiger partial charge in [0, 0.05) is 28.2 Å². The summed E-state index contributed by atoms with van der Waals surface area (Å²) in [5.41, 5.74) is 5.46. The number of hydrogen-bond donors (Lipinski definition) is 1. The smallest absolute Gasteiger partial charge is 0.137 e. The second-order valence-corrected chi connectivity index (χ2v) is 7.26. The second-order valence-electron chi connectivity index (χ2n) is 7.26. The third kappa shape index (κ3) is 2.65. The summed E-state index contributed by atoms with van der Waals surface area (Å²) in [5, 5.41) is 5.77. The molecule has 4 aromatic rings. The fourth-order valence-electron chi connectivity index (χ4n) is 3.02. The van der Waals surface area contributed by atoms with Crippen LogP contribution in [0.2, 0.25) is 0 Å². The van der Waals surface area contributed by atoms with Gasteiger partial charge in [0.15, 0.2) is 0 Å². The van der Waals surface area contributed by atoms with Gasteiger partial charge in [0.25, 0.3) is 0 Å². The molecule has 4 rings (SSSR count). The van der Waals surface area contributed by atoms with Crippen molar-refractivity contribution in [1.82, 2.24) is 0 Å². The van der Waals surface area contributed by atoms with Crippen LogP contribution in [0.3, 0.4) is 0 Å². The van der Waals surface area contributed by atoms with E-state index in [0.29, 0.717) is 0 Å². The number of rotatable bonds is 2. The third-order valence-corrected chi connectivity index (χ3v) is 4.42. The summed E-state index contributed by atoms with van der Waals surface area (Å²) >= 11 is 0. The van der Waals surface area contributed by atoms with E-state index in [1.807, 2.05) is 18.2 Å². The normalized spacial score (nSPS) is 12.0. The van der Waals surface area contributed by atoms with Crippen molar-refractivity contribution in [2.75, 3.05) is 5.32 Å². The molecule has 0 saturated carbocycles. The van der Waals surface area contributed by atoms with Crippen LogP contribution in [0.5, 0.6) is 0 Å². The number of furan rings is 1. The van der Waals surface area contributed by atoms with Crippen LogP contribution in [0, 0.1) is 0 Å². The van der Waals surface area contributed by atoms with Gasteiger partial charge in [0.1, 0.15) is 11.2 Å². The van der Waals surface area contributed by atoms with Crippen molar-refractivity contribution < 1.29 is 4.42 Å². The molecule has 0 spiro atoms. The third-order valence-electron chi connectivity index (χ3n) is 4.42. The summed E-state index contributed by atoms with van der Waals surface area (Å²) in [6.07, 6.45) is 0. The van der Waals surface area contributed by atoms with Gasteiger partial charge in [-0.2, -0.15) is 0 Å². The zero-order valence-corrected chi connectivity index (χ0v) is 14.3. The summed E-state index contributed by atoms with van der Waals surface area (Å²) in [5.74, 6) is 0. The summed E-state index contributed by atoms with van der Waals surface area (Å²) in [7, 11) is 0. The Hall–Kier alpha value is -2.74. The van der Waals surface area contributed by atoms with Gasteiger partial charge in [-0.3, -0.25) is 0 Å². The number of fused-ring (bicyclic) bond motifs is 3. The van der Waals surface area contributed by atoms with E-state index in [2.05, 4.69) is 74.6 Å². The SMILES string of the molecule is CC(C)(C)c1ccc(Nc2ccc3c(c2)oc2ccccc23)cc1. The standard InChI is InChI=1S/C22H21NO/c1-22(2,3)15-8-10-16(11-9-15)23-17-12-13-19-18-6-4-5-7-20(18)24-21(19)14-17/h4-14,23H,1-3H3. The first-order valence-corrected chi connectivity index (χ1v) is 8.29. The Morgan fingerprint density at radius 1 is 0.708 bits per heavy atom. The zero-order chi connectivity index (χ0) is 16.7. The van der Waals surface area contributed by atoms with E-state index >= 15 is 0 Å². The van der Waals surface area contributed by atoms with E-state index in [0.717, 1.165) is 33.3 Å². The van der Waals surface area contributed by atoms with Gasteiger partial charge >= 0.3 is 0 Å². The van der Waals surface area contributed by atoms with Crippen molar-refractivity contribution in [3.63, 3.8) is 0 Å². The molecule has 1 aromatic heterocycles. The highest BCUT2D eigenvalue weighted by molar-refractivity contribution is 6.05. The fraction of sp³-hybridized carbons (Fsp3) is 0.182. The lowest BCUT2D eigenvalue weighted by Gasteiger charge is -2.19. The Kier molecular flexibility index (Phi) is 3.34. The van der Waals surface area contributed by atoms with Crippen LogP contribution in [0.1, 0.15) is 26.3 Å². The molecule has 0 aliphatic rings. The van der Waals surface area contributed by atoms with Gasteiger partial charge in [0.05, 0.1) is 0 Å². The Morgan fingerprint density at radius 2 is 1.38 bits per heavy atom. The lowest BCUT2D eigenvalue weighted by Crippen LogP contribution is -2.10. The Labute approximate surface area is 142 Å². The van der Waals surface area contributed by atoms with E-state index in [1.165, 1.54) is 5.56 Å². The maximum atomic E-state index is 5.95. The Morgan fingerprint density at radius 3 is 2.12 bits per heavy atom. The summed E-state index contributed by atoms with van der Waals surface area (Å²) in [6.45, 7) is 6.68. The van der Waals surface area contributed by atoms with Gasteiger partial charge in [0.2, 0.25) is 0 Å². The van der Waals surface area contributed by atoms with Gasteiger partial charge in [-0.05, 0) is 41.3 Å². The number of para-hydroxylation sites is 1. The van der Waals surface area contributed by atoms with Crippen LogP contribution in [0.25, 0.3) is 21.9 Å². The highest BCUT2D eigenvalue weighted by atomic mass is 16.3. The molecule has 0 aliphatic heterocycles. The number of nitrogens with one attached hydrogen (secondary N) is 1. The minimum Gasteiger partial charge on any atom is -0.456 e. The van der Waals surface area contributed by atoms with Gasteiger partial charge in [-0.1, -0.05) is 51.1 Å². The van der Waals surface area contributed by atoms with E-state index in [9.17, 15) is 0 Å². The van der Waals surface area contributed by atoms with Crippen molar-refractivity contribution >= 4 is 33.3 Å². The molecule has 0 aliphatic carbocycles. The van der Waals surface area contributed by atoms with E-state index in [4.69, 9.17) is 4.42 Å². The molecule has 2 heteroatoms. The van der Waals surface area contributed by atoms with Crippen molar-refractivity contribution in [1.29, 1.82) is 0 Å². The summed E-state index contributed by atoms with van der Waals surface area (Å²) in [4.78, 5) is 0. The largest absolute Gasteiger partial charge is 0.456 e. The number of anilines is 2. The van der Waals surface area contributed by atoms with Crippen LogP contribution in [-0.4, -0.2) is 0 Å². The average Bonchev–Trinajstić information content (AvgIpc) is 2.92. The highest BCUT2D eigenvalue weighted by Crippen LogP contribution is 2.31. The molecule has 0 amide bonds. The number of benzene rings is 3. The van der Waals surface area contributed by atoms with Crippen molar-refractivity contribution in [3.8, 4) is 0 Å². The lowest BCUT2D eigenvalue weighted by molar-refractivity contribution is 0.590. The maximum Gasteiger partial charge on any atom is 0.137 e. The van der Waals surface area contributed by atoms with Crippen LogP contribution < -0.4 is 5.32 Å². The minimum absolute atomic E-state index is 0.172. The van der Waals surface area contributed by atoms with Crippen LogP contribution >= 0.6 is 0 Å².